The molecule has 0 amide bonds. The largest absolute Gasteiger partial charge is 0.382 e. The minimum Gasteiger partial charge on any atom is -0.382 e. The van der Waals surface area contributed by atoms with E-state index in [-0.39, 0.29) is 0 Å². The van der Waals surface area contributed by atoms with Gasteiger partial charge in [0.2, 0.25) is 0 Å². The summed E-state index contributed by atoms with van der Waals surface area (Å²) in [7, 11) is 0. The van der Waals surface area contributed by atoms with Crippen LogP contribution in [0.5, 0.6) is 0 Å². The van der Waals surface area contributed by atoms with E-state index in [1.165, 1.54) is 29.7 Å². The second-order valence-corrected chi connectivity index (χ2v) is 4.73. The van der Waals surface area contributed by atoms with E-state index >= 15 is 0 Å². The maximum Gasteiger partial charge on any atom is 0.0332 e. The van der Waals surface area contributed by atoms with Gasteiger partial charge in [-0.15, -0.1) is 12.8 Å². The van der Waals surface area contributed by atoms with Gasteiger partial charge < -0.3 is 10.6 Å². The molecule has 2 aliphatic rings. The second-order valence-electron chi connectivity index (χ2n) is 4.73. The van der Waals surface area contributed by atoms with Crippen LogP contribution in [0.2, 0.25) is 0 Å². The summed E-state index contributed by atoms with van der Waals surface area (Å²) in [5.74, 6) is 0. The van der Waals surface area contributed by atoms with Crippen LogP contribution in [0.25, 0.3) is 0 Å². The molecule has 0 saturated carbocycles. The molecule has 2 rings (SSSR count). The normalized spacial score (nSPS) is 31.2. The Bertz CT molecular complexity index is 323. The fourth-order valence-corrected chi connectivity index (χ4v) is 2.33. The van der Waals surface area contributed by atoms with Crippen LogP contribution in [-0.4, -0.2) is 18.6 Å². The second kappa shape index (κ2) is 5.77. The minimum absolute atomic E-state index is 0.619. The van der Waals surface area contributed by atoms with Crippen LogP contribution in [0.3, 0.4) is 0 Å². The van der Waals surface area contributed by atoms with Crippen molar-refractivity contribution in [2.75, 3.05) is 6.54 Å². The topological polar surface area (TPSA) is 24.1 Å². The maximum absolute atomic E-state index is 4.00. The van der Waals surface area contributed by atoms with Gasteiger partial charge in [-0.1, -0.05) is 5.57 Å². The standard InChI is InChI=1S/C12H20N2.C2H2/c1-8-4-10(3)14-12(8)6-11-5-9(2)13-7-11;1-2/h6,9-10,13-14H,4-5,7H2,1-3H3;1-2H/b11-6-;. The highest BCUT2D eigenvalue weighted by Crippen LogP contribution is 2.22. The molecular weight excluding hydrogens is 196 g/mol. The summed E-state index contributed by atoms with van der Waals surface area (Å²) in [4.78, 5) is 0. The van der Waals surface area contributed by atoms with Crippen LogP contribution in [0.1, 0.15) is 33.6 Å². The SMILES string of the molecule is C#C.CC1=C(/C=C2\CNC(C)C2)NC(C)C1. The molecule has 0 aliphatic carbocycles. The molecule has 88 valence electrons. The monoisotopic (exact) mass is 218 g/mol. The van der Waals surface area contributed by atoms with Crippen molar-refractivity contribution in [3.63, 3.8) is 0 Å². The van der Waals surface area contributed by atoms with E-state index in [0.717, 1.165) is 6.54 Å². The summed E-state index contributed by atoms with van der Waals surface area (Å²) in [5.41, 5.74) is 4.40. The molecule has 1 fully saturated rings. The molecule has 2 atom stereocenters. The van der Waals surface area contributed by atoms with E-state index in [4.69, 9.17) is 0 Å². The number of rotatable bonds is 1. The molecule has 2 N–H and O–H groups in total. The smallest absolute Gasteiger partial charge is 0.0332 e. The van der Waals surface area contributed by atoms with E-state index in [2.05, 4.69) is 50.3 Å². The van der Waals surface area contributed by atoms with Crippen LogP contribution in [0.15, 0.2) is 22.9 Å². The van der Waals surface area contributed by atoms with Crippen molar-refractivity contribution in [3.05, 3.63) is 22.9 Å². The van der Waals surface area contributed by atoms with E-state index < -0.39 is 0 Å². The van der Waals surface area contributed by atoms with Gasteiger partial charge in [0.1, 0.15) is 0 Å². The first-order chi connectivity index (χ1) is 7.65. The van der Waals surface area contributed by atoms with Crippen LogP contribution >= 0.6 is 0 Å². The Morgan fingerprint density at radius 2 is 1.88 bits per heavy atom. The Kier molecular flexibility index (Phi) is 4.64. The molecule has 0 aromatic carbocycles. The molecule has 0 spiro atoms. The van der Waals surface area contributed by atoms with Gasteiger partial charge >= 0.3 is 0 Å². The predicted octanol–water partition coefficient (Wildman–Crippen LogP) is 2.20. The Labute approximate surface area is 99.2 Å². The third-order valence-electron chi connectivity index (χ3n) is 3.07. The summed E-state index contributed by atoms with van der Waals surface area (Å²) in [6.45, 7) is 7.78. The summed E-state index contributed by atoms with van der Waals surface area (Å²) < 4.78 is 0. The zero-order chi connectivity index (χ0) is 12.1. The fraction of sp³-hybridized carbons (Fsp3) is 0.571. The summed E-state index contributed by atoms with van der Waals surface area (Å²) >= 11 is 0. The molecule has 0 radical (unpaired) electrons. The highest BCUT2D eigenvalue weighted by Gasteiger charge is 2.18. The van der Waals surface area contributed by atoms with Crippen molar-refractivity contribution in [3.8, 4) is 12.8 Å². The summed E-state index contributed by atoms with van der Waals surface area (Å²) in [6, 6.07) is 1.27. The fourth-order valence-electron chi connectivity index (χ4n) is 2.33. The molecule has 2 unspecified atom stereocenters. The Morgan fingerprint density at radius 1 is 1.19 bits per heavy atom. The average molecular weight is 218 g/mol. The van der Waals surface area contributed by atoms with Crippen LogP contribution in [0.4, 0.5) is 0 Å². The van der Waals surface area contributed by atoms with Crippen LogP contribution in [-0.2, 0) is 0 Å². The number of hydrogen-bond donors (Lipinski definition) is 2. The van der Waals surface area contributed by atoms with Crippen molar-refractivity contribution >= 4 is 0 Å². The first kappa shape index (κ1) is 12.9. The van der Waals surface area contributed by atoms with Crippen LogP contribution in [0, 0.1) is 12.8 Å². The number of terminal acetylenes is 1. The van der Waals surface area contributed by atoms with Crippen molar-refractivity contribution in [2.24, 2.45) is 0 Å². The lowest BCUT2D eigenvalue weighted by atomic mass is 10.1. The highest BCUT2D eigenvalue weighted by molar-refractivity contribution is 5.33. The van der Waals surface area contributed by atoms with E-state index in [9.17, 15) is 0 Å². The summed E-state index contributed by atoms with van der Waals surface area (Å²) in [6.07, 6.45) is 12.7. The van der Waals surface area contributed by atoms with E-state index in [1.807, 2.05) is 0 Å². The predicted molar refractivity (Wildman–Crippen MR) is 70.0 cm³/mol. The Balaban J connectivity index is 0.000000606. The zero-order valence-electron chi connectivity index (χ0n) is 10.5. The van der Waals surface area contributed by atoms with Gasteiger partial charge in [0.05, 0.1) is 0 Å². The quantitative estimate of drug-likeness (QED) is 0.659. The lowest BCUT2D eigenvalue weighted by Gasteiger charge is -2.05. The summed E-state index contributed by atoms with van der Waals surface area (Å²) in [5, 5.41) is 6.97. The molecule has 0 aromatic heterocycles. The van der Waals surface area contributed by atoms with E-state index in [0.29, 0.717) is 12.1 Å². The first-order valence-corrected chi connectivity index (χ1v) is 5.87. The van der Waals surface area contributed by atoms with Crippen molar-refractivity contribution in [1.29, 1.82) is 0 Å². The molecule has 2 nitrogen and oxygen atoms in total. The number of allylic oxidation sites excluding steroid dienone is 1. The van der Waals surface area contributed by atoms with Gasteiger partial charge in [-0.05, 0) is 45.3 Å². The molecule has 0 bridgehead atoms. The average Bonchev–Trinajstić information content (AvgIpc) is 2.78. The van der Waals surface area contributed by atoms with Gasteiger partial charge in [-0.2, -0.15) is 0 Å². The third-order valence-corrected chi connectivity index (χ3v) is 3.07. The van der Waals surface area contributed by atoms with Gasteiger partial charge in [-0.3, -0.25) is 0 Å². The van der Waals surface area contributed by atoms with Gasteiger partial charge in [0.25, 0.3) is 0 Å². The van der Waals surface area contributed by atoms with E-state index in [1.54, 1.807) is 0 Å². The molecule has 16 heavy (non-hydrogen) atoms. The van der Waals surface area contributed by atoms with Crippen molar-refractivity contribution in [2.45, 2.75) is 45.7 Å². The number of hydrogen-bond acceptors (Lipinski definition) is 2. The zero-order valence-corrected chi connectivity index (χ0v) is 10.5. The lowest BCUT2D eigenvalue weighted by Crippen LogP contribution is -2.17. The van der Waals surface area contributed by atoms with Gasteiger partial charge in [0.15, 0.2) is 0 Å². The molecule has 2 heteroatoms. The first-order valence-electron chi connectivity index (χ1n) is 5.87. The molecule has 0 aromatic rings. The third kappa shape index (κ3) is 3.15. The van der Waals surface area contributed by atoms with Crippen molar-refractivity contribution < 1.29 is 0 Å². The Hall–Kier alpha value is -1.20. The molecule has 2 heterocycles. The molecule has 2 aliphatic heterocycles. The maximum atomic E-state index is 4.00. The highest BCUT2D eigenvalue weighted by atomic mass is 15.0. The molecule has 1 saturated heterocycles. The van der Waals surface area contributed by atoms with Gasteiger partial charge in [-0.25, -0.2) is 0 Å². The van der Waals surface area contributed by atoms with Crippen molar-refractivity contribution in [1.82, 2.24) is 10.6 Å². The number of nitrogens with one attached hydrogen (secondary N) is 2. The minimum atomic E-state index is 0.619. The van der Waals surface area contributed by atoms with Gasteiger partial charge in [0, 0.05) is 24.3 Å². The molecular formula is C14H22N2. The lowest BCUT2D eigenvalue weighted by molar-refractivity contribution is 0.666. The van der Waals surface area contributed by atoms with Crippen LogP contribution < -0.4 is 10.6 Å². The Morgan fingerprint density at radius 3 is 2.31 bits per heavy atom.